The lowest BCUT2D eigenvalue weighted by atomic mass is 9.95. The predicted octanol–water partition coefficient (Wildman–Crippen LogP) is 4.33. The van der Waals surface area contributed by atoms with Gasteiger partial charge in [0.1, 0.15) is 24.9 Å². The van der Waals surface area contributed by atoms with Gasteiger partial charge in [-0.2, -0.15) is 0 Å². The molecule has 1 heterocycles. The Morgan fingerprint density at radius 2 is 1.27 bits per heavy atom. The van der Waals surface area contributed by atoms with Crippen molar-refractivity contribution in [3.8, 4) is 0 Å². The number of rotatable bonds is 13. The number of carbonyl (C=O) groups excluding carboxylic acids is 2. The van der Waals surface area contributed by atoms with Crippen molar-refractivity contribution in [2.75, 3.05) is 6.61 Å². The van der Waals surface area contributed by atoms with Crippen LogP contribution >= 0.6 is 0 Å². The lowest BCUT2D eigenvalue weighted by Crippen LogP contribution is -2.66. The van der Waals surface area contributed by atoms with E-state index in [-0.39, 0.29) is 32.3 Å². The van der Waals surface area contributed by atoms with Gasteiger partial charge in [0.15, 0.2) is 12.4 Å². The zero-order valence-corrected chi connectivity index (χ0v) is 22.5. The van der Waals surface area contributed by atoms with Crippen LogP contribution in [0.2, 0.25) is 0 Å². The molecule has 4 rings (SSSR count). The number of esters is 1. The highest BCUT2D eigenvalue weighted by molar-refractivity contribution is 5.76. The van der Waals surface area contributed by atoms with E-state index >= 15 is 0 Å². The van der Waals surface area contributed by atoms with Crippen molar-refractivity contribution < 1.29 is 33.3 Å². The molecule has 0 aromatic heterocycles. The molecule has 1 saturated heterocycles. The lowest BCUT2D eigenvalue weighted by molar-refractivity contribution is -0.280. The molecule has 40 heavy (non-hydrogen) atoms. The van der Waals surface area contributed by atoms with Crippen LogP contribution in [0.25, 0.3) is 0 Å². The van der Waals surface area contributed by atoms with Gasteiger partial charge >= 0.3 is 5.97 Å². The van der Waals surface area contributed by atoms with Gasteiger partial charge in [0.05, 0.1) is 19.8 Å². The maximum absolute atomic E-state index is 13.5. The van der Waals surface area contributed by atoms with Crippen molar-refractivity contribution in [1.82, 2.24) is 5.32 Å². The number of nitrogens with one attached hydrogen (secondary N) is 1. The molecule has 0 radical (unpaired) electrons. The Morgan fingerprint density at radius 3 is 1.77 bits per heavy atom. The molecule has 8 nitrogen and oxygen atoms in total. The molecule has 3 aromatic carbocycles. The average molecular weight is 546 g/mol. The van der Waals surface area contributed by atoms with Crippen molar-refractivity contribution >= 4 is 11.9 Å². The molecule has 5 atom stereocenters. The van der Waals surface area contributed by atoms with Gasteiger partial charge in [0.2, 0.25) is 5.91 Å². The summed E-state index contributed by atoms with van der Waals surface area (Å²) in [6, 6.07) is 27.8. The topological polar surface area (TPSA) is 92.3 Å². The Morgan fingerprint density at radius 1 is 0.775 bits per heavy atom. The molecule has 1 aliphatic heterocycles. The second-order valence-electron chi connectivity index (χ2n) is 9.39. The first-order chi connectivity index (χ1) is 19.5. The fourth-order valence-corrected chi connectivity index (χ4v) is 4.44. The number of carbonyl (C=O) groups is 2. The summed E-state index contributed by atoms with van der Waals surface area (Å²) < 4.78 is 30.5. The second-order valence-corrected chi connectivity index (χ2v) is 9.39. The third-order valence-electron chi connectivity index (χ3n) is 6.33. The lowest BCUT2D eigenvalue weighted by Gasteiger charge is -2.45. The smallest absolute Gasteiger partial charge is 0.338 e. The molecule has 3 aromatic rings. The highest BCUT2D eigenvalue weighted by atomic mass is 16.7. The van der Waals surface area contributed by atoms with Gasteiger partial charge in [0, 0.05) is 6.92 Å². The van der Waals surface area contributed by atoms with Gasteiger partial charge in [-0.1, -0.05) is 97.1 Å². The van der Waals surface area contributed by atoms with Crippen LogP contribution in [-0.2, 0) is 53.1 Å². The van der Waals surface area contributed by atoms with Gasteiger partial charge in [-0.15, -0.1) is 6.58 Å². The Kier molecular flexibility index (Phi) is 11.0. The number of benzene rings is 3. The van der Waals surface area contributed by atoms with Gasteiger partial charge in [-0.3, -0.25) is 4.79 Å². The fraction of sp³-hybridized carbons (Fsp3) is 0.312. The summed E-state index contributed by atoms with van der Waals surface area (Å²) in [5, 5.41) is 2.89. The highest BCUT2D eigenvalue weighted by Crippen LogP contribution is 2.30. The summed E-state index contributed by atoms with van der Waals surface area (Å²) >= 11 is 0. The fourth-order valence-electron chi connectivity index (χ4n) is 4.44. The number of hydrogen-bond acceptors (Lipinski definition) is 7. The van der Waals surface area contributed by atoms with Crippen LogP contribution in [0.15, 0.2) is 104 Å². The molecule has 1 amide bonds. The van der Waals surface area contributed by atoms with E-state index < -0.39 is 36.6 Å². The normalized spacial score (nSPS) is 22.3. The van der Waals surface area contributed by atoms with Crippen LogP contribution in [0.5, 0.6) is 0 Å². The van der Waals surface area contributed by atoms with Crippen LogP contribution < -0.4 is 5.32 Å². The standard InChI is InChI=1S/C32H35NO7/c1-3-19-36-32-27(33-23(2)34)28(37-20-24-13-7-4-8-14-24)29(38-21-25-15-9-5-10-16-25)30(40-32)31(35)39-22-26-17-11-6-12-18-26/h3-18,27-30,32H,1,19-22H2,2H3,(H,33,34)/t27-,28-,29-,30+,32-/m1/s1. The second kappa shape index (κ2) is 15.1. The van der Waals surface area contributed by atoms with Crippen molar-refractivity contribution in [2.45, 2.75) is 57.4 Å². The minimum atomic E-state index is -1.19. The molecule has 0 bridgehead atoms. The van der Waals surface area contributed by atoms with Gasteiger partial charge in [-0.25, -0.2) is 4.79 Å². The van der Waals surface area contributed by atoms with E-state index in [9.17, 15) is 9.59 Å². The van der Waals surface area contributed by atoms with Crippen molar-refractivity contribution in [3.63, 3.8) is 0 Å². The Balaban J connectivity index is 1.64. The van der Waals surface area contributed by atoms with E-state index in [2.05, 4.69) is 11.9 Å². The summed E-state index contributed by atoms with van der Waals surface area (Å²) in [6.07, 6.45) is -2.38. The summed E-state index contributed by atoms with van der Waals surface area (Å²) in [5.41, 5.74) is 2.66. The molecule has 0 unspecified atom stereocenters. The minimum absolute atomic E-state index is 0.0633. The van der Waals surface area contributed by atoms with Crippen molar-refractivity contribution in [3.05, 3.63) is 120 Å². The van der Waals surface area contributed by atoms with Crippen LogP contribution in [0.1, 0.15) is 23.6 Å². The molecular weight excluding hydrogens is 510 g/mol. The van der Waals surface area contributed by atoms with Crippen LogP contribution in [0, 0.1) is 0 Å². The average Bonchev–Trinajstić information content (AvgIpc) is 2.98. The molecule has 0 aliphatic carbocycles. The third kappa shape index (κ3) is 8.34. The maximum atomic E-state index is 13.5. The molecule has 210 valence electrons. The Bertz CT molecular complexity index is 1210. The number of amides is 1. The monoisotopic (exact) mass is 545 g/mol. The van der Waals surface area contributed by atoms with E-state index in [1.165, 1.54) is 6.92 Å². The molecule has 0 saturated carbocycles. The van der Waals surface area contributed by atoms with E-state index in [4.69, 9.17) is 23.7 Å². The van der Waals surface area contributed by atoms with Crippen LogP contribution in [0.3, 0.4) is 0 Å². The van der Waals surface area contributed by atoms with E-state index in [0.717, 1.165) is 16.7 Å². The highest BCUT2D eigenvalue weighted by Gasteiger charge is 2.51. The zero-order valence-electron chi connectivity index (χ0n) is 22.5. The summed E-state index contributed by atoms with van der Waals surface area (Å²) in [4.78, 5) is 25.8. The predicted molar refractivity (Wildman–Crippen MR) is 149 cm³/mol. The zero-order chi connectivity index (χ0) is 28.2. The van der Waals surface area contributed by atoms with Gasteiger partial charge in [-0.05, 0) is 16.7 Å². The summed E-state index contributed by atoms with van der Waals surface area (Å²) in [7, 11) is 0. The van der Waals surface area contributed by atoms with Crippen LogP contribution in [-0.4, -0.2) is 49.1 Å². The quantitative estimate of drug-likeness (QED) is 0.252. The maximum Gasteiger partial charge on any atom is 0.338 e. The molecular formula is C32H35NO7. The summed E-state index contributed by atoms with van der Waals surface area (Å²) in [6.45, 7) is 5.71. The van der Waals surface area contributed by atoms with Crippen molar-refractivity contribution in [2.24, 2.45) is 0 Å². The Labute approximate surface area is 234 Å². The SMILES string of the molecule is C=CCO[C@@H]1O[C@H](C(=O)OCc2ccccc2)[C@H](OCc2ccccc2)[C@H](OCc2ccccc2)[C@H]1NC(C)=O. The Hall–Kier alpha value is -3.82. The third-order valence-corrected chi connectivity index (χ3v) is 6.33. The number of hydrogen-bond donors (Lipinski definition) is 1. The van der Waals surface area contributed by atoms with E-state index in [1.54, 1.807) is 6.08 Å². The molecule has 1 N–H and O–H groups in total. The van der Waals surface area contributed by atoms with Crippen molar-refractivity contribution in [1.29, 1.82) is 0 Å². The van der Waals surface area contributed by atoms with Crippen LogP contribution in [0.4, 0.5) is 0 Å². The minimum Gasteiger partial charge on any atom is -0.459 e. The largest absolute Gasteiger partial charge is 0.459 e. The summed E-state index contributed by atoms with van der Waals surface area (Å²) in [5.74, 6) is -0.926. The molecule has 8 heteroatoms. The number of ether oxygens (including phenoxy) is 5. The molecule has 1 aliphatic rings. The van der Waals surface area contributed by atoms with Gasteiger partial charge in [0.25, 0.3) is 0 Å². The first-order valence-electron chi connectivity index (χ1n) is 13.2. The van der Waals surface area contributed by atoms with E-state index in [1.807, 2.05) is 91.0 Å². The molecule has 0 spiro atoms. The molecule has 1 fully saturated rings. The first kappa shape index (κ1) is 29.2. The van der Waals surface area contributed by atoms with E-state index in [0.29, 0.717) is 0 Å². The first-order valence-corrected chi connectivity index (χ1v) is 13.2. The van der Waals surface area contributed by atoms with Gasteiger partial charge < -0.3 is 29.0 Å².